The molecule has 0 spiro atoms. The lowest BCUT2D eigenvalue weighted by Crippen LogP contribution is -2.40. The molecule has 1 saturated heterocycles. The van der Waals surface area contributed by atoms with E-state index >= 15 is 0 Å². The van der Waals surface area contributed by atoms with Crippen molar-refractivity contribution in [3.05, 3.63) is 60.0 Å². The largest absolute Gasteiger partial charge is 0.385 e. The Hall–Kier alpha value is -2.99. The number of fused-ring (bicyclic) bond motifs is 1. The molecule has 0 saturated carbocycles. The van der Waals surface area contributed by atoms with E-state index in [-0.39, 0.29) is 5.91 Å². The van der Waals surface area contributed by atoms with Crippen molar-refractivity contribution < 1.29 is 13.9 Å². The lowest BCUT2D eigenvalue weighted by Gasteiger charge is -2.27. The zero-order valence-electron chi connectivity index (χ0n) is 15.7. The highest BCUT2D eigenvalue weighted by atomic mass is 19.1. The molecule has 1 N–H and O–H groups in total. The van der Waals surface area contributed by atoms with Gasteiger partial charge >= 0.3 is 0 Å². The molecule has 0 bridgehead atoms. The van der Waals surface area contributed by atoms with Crippen molar-refractivity contribution in [3.8, 4) is 11.1 Å². The summed E-state index contributed by atoms with van der Waals surface area (Å²) in [5.41, 5.74) is 3.39. The van der Waals surface area contributed by atoms with E-state index in [0.717, 1.165) is 28.7 Å². The minimum Gasteiger partial charge on any atom is -0.385 e. The lowest BCUT2D eigenvalue weighted by atomic mass is 10.00. The van der Waals surface area contributed by atoms with Gasteiger partial charge in [0.25, 0.3) is 5.91 Å². The number of rotatable bonds is 4. The van der Waals surface area contributed by atoms with E-state index in [1.54, 1.807) is 23.2 Å². The van der Waals surface area contributed by atoms with Gasteiger partial charge in [-0.25, -0.2) is 4.39 Å². The molecule has 1 aliphatic rings. The third-order valence-electron chi connectivity index (χ3n) is 4.93. The summed E-state index contributed by atoms with van der Waals surface area (Å²) < 4.78 is 20.2. The van der Waals surface area contributed by atoms with Crippen LogP contribution in [0.4, 0.5) is 10.1 Å². The Morgan fingerprint density at radius 2 is 2.00 bits per heavy atom. The Balaban J connectivity index is 1.67. The molecule has 6 heteroatoms. The zero-order chi connectivity index (χ0) is 19.5. The Bertz CT molecular complexity index is 1020. The number of hydrogen-bond acceptors (Lipinski definition) is 4. The Labute approximate surface area is 163 Å². The van der Waals surface area contributed by atoms with Crippen molar-refractivity contribution in [1.82, 2.24) is 9.88 Å². The predicted octanol–water partition coefficient (Wildman–Crippen LogP) is 3.95. The Kier molecular flexibility index (Phi) is 5.21. The predicted molar refractivity (Wildman–Crippen MR) is 108 cm³/mol. The van der Waals surface area contributed by atoms with Gasteiger partial charge in [0.1, 0.15) is 5.82 Å². The summed E-state index contributed by atoms with van der Waals surface area (Å²) in [6.07, 6.45) is 1.76. The summed E-state index contributed by atoms with van der Waals surface area (Å²) in [4.78, 5) is 18.7. The molecule has 1 amide bonds. The SMILES string of the molecule is CCNc1ccnc2ccc(-c3ccc(C(=O)N4CCOCC4)cc3F)cc12. The van der Waals surface area contributed by atoms with E-state index in [9.17, 15) is 9.18 Å². The van der Waals surface area contributed by atoms with Gasteiger partial charge in [-0.1, -0.05) is 12.1 Å². The molecule has 2 aromatic carbocycles. The molecular formula is C22H22FN3O2. The van der Waals surface area contributed by atoms with E-state index in [2.05, 4.69) is 10.3 Å². The van der Waals surface area contributed by atoms with Crippen molar-refractivity contribution in [1.29, 1.82) is 0 Å². The van der Waals surface area contributed by atoms with Crippen molar-refractivity contribution in [2.45, 2.75) is 6.92 Å². The van der Waals surface area contributed by atoms with Crippen LogP contribution in [0.2, 0.25) is 0 Å². The molecule has 1 aliphatic heterocycles. The molecule has 3 aromatic rings. The number of nitrogens with one attached hydrogen (secondary N) is 1. The van der Waals surface area contributed by atoms with Crippen LogP contribution < -0.4 is 5.32 Å². The Morgan fingerprint density at radius 1 is 1.18 bits per heavy atom. The number of hydrogen-bond donors (Lipinski definition) is 1. The third-order valence-corrected chi connectivity index (χ3v) is 4.93. The van der Waals surface area contributed by atoms with Crippen LogP contribution in [-0.2, 0) is 4.74 Å². The maximum atomic E-state index is 14.9. The van der Waals surface area contributed by atoms with Crippen LogP contribution in [0.5, 0.6) is 0 Å². The van der Waals surface area contributed by atoms with Gasteiger partial charge in [-0.2, -0.15) is 0 Å². The Morgan fingerprint density at radius 3 is 2.75 bits per heavy atom. The molecule has 2 heterocycles. The highest BCUT2D eigenvalue weighted by molar-refractivity contribution is 5.96. The van der Waals surface area contributed by atoms with Crippen LogP contribution in [0.15, 0.2) is 48.7 Å². The van der Waals surface area contributed by atoms with E-state index in [1.165, 1.54) is 6.07 Å². The van der Waals surface area contributed by atoms with E-state index < -0.39 is 5.82 Å². The molecule has 28 heavy (non-hydrogen) atoms. The van der Waals surface area contributed by atoms with Gasteiger partial charge in [-0.05, 0) is 42.8 Å². The normalized spacial score (nSPS) is 14.3. The van der Waals surface area contributed by atoms with Crippen molar-refractivity contribution in [3.63, 3.8) is 0 Å². The highest BCUT2D eigenvalue weighted by Gasteiger charge is 2.20. The summed E-state index contributed by atoms with van der Waals surface area (Å²) in [7, 11) is 0. The second kappa shape index (κ2) is 7.94. The first-order valence-corrected chi connectivity index (χ1v) is 9.47. The number of halogens is 1. The molecule has 0 atom stereocenters. The van der Waals surface area contributed by atoms with Gasteiger partial charge in [-0.3, -0.25) is 9.78 Å². The minimum atomic E-state index is -0.410. The maximum Gasteiger partial charge on any atom is 0.254 e. The number of carbonyl (C=O) groups excluding carboxylic acids is 1. The molecule has 4 rings (SSSR count). The molecule has 1 fully saturated rings. The third kappa shape index (κ3) is 3.55. The number of aromatic nitrogens is 1. The quantitative estimate of drug-likeness (QED) is 0.746. The van der Waals surface area contributed by atoms with Crippen LogP contribution in [0.1, 0.15) is 17.3 Å². The minimum absolute atomic E-state index is 0.161. The van der Waals surface area contributed by atoms with Crippen LogP contribution in [-0.4, -0.2) is 48.6 Å². The van der Waals surface area contributed by atoms with Crippen molar-refractivity contribution >= 4 is 22.5 Å². The number of ether oxygens (including phenoxy) is 1. The number of morpholine rings is 1. The summed E-state index contributed by atoms with van der Waals surface area (Å²) in [6.45, 7) is 4.92. The van der Waals surface area contributed by atoms with Gasteiger partial charge in [0.2, 0.25) is 0 Å². The van der Waals surface area contributed by atoms with Gasteiger partial charge in [0.15, 0.2) is 0 Å². The number of carbonyl (C=O) groups is 1. The van der Waals surface area contributed by atoms with E-state index in [1.807, 2.05) is 31.2 Å². The molecular weight excluding hydrogens is 357 g/mol. The molecule has 1 aromatic heterocycles. The average Bonchev–Trinajstić information content (AvgIpc) is 2.74. The fraction of sp³-hybridized carbons (Fsp3) is 0.273. The molecule has 0 aliphatic carbocycles. The van der Waals surface area contributed by atoms with E-state index in [4.69, 9.17) is 4.74 Å². The van der Waals surface area contributed by atoms with Crippen molar-refractivity contribution in [2.75, 3.05) is 38.2 Å². The standard InChI is InChI=1S/C22H22FN3O2/c1-2-24-21-7-8-25-20-6-4-15(13-18(20)21)17-5-3-16(14-19(17)23)22(27)26-9-11-28-12-10-26/h3-8,13-14H,2,9-12H2,1H3,(H,24,25). The van der Waals surface area contributed by atoms with Gasteiger partial charge in [0.05, 0.1) is 18.7 Å². The smallest absolute Gasteiger partial charge is 0.254 e. The van der Waals surface area contributed by atoms with Crippen LogP contribution in [0.3, 0.4) is 0 Å². The van der Waals surface area contributed by atoms with Gasteiger partial charge < -0.3 is 15.0 Å². The first kappa shape index (κ1) is 18.4. The summed E-state index contributed by atoms with van der Waals surface area (Å²) in [6, 6.07) is 12.3. The molecule has 144 valence electrons. The second-order valence-electron chi connectivity index (χ2n) is 6.72. The monoisotopic (exact) mass is 379 g/mol. The average molecular weight is 379 g/mol. The molecule has 0 unspecified atom stereocenters. The topological polar surface area (TPSA) is 54.5 Å². The highest BCUT2D eigenvalue weighted by Crippen LogP contribution is 2.30. The fourth-order valence-corrected chi connectivity index (χ4v) is 3.49. The summed E-state index contributed by atoms with van der Waals surface area (Å²) >= 11 is 0. The zero-order valence-corrected chi connectivity index (χ0v) is 15.7. The number of anilines is 1. The summed E-state index contributed by atoms with van der Waals surface area (Å²) in [5, 5.41) is 4.25. The first-order chi connectivity index (χ1) is 13.7. The van der Waals surface area contributed by atoms with Crippen LogP contribution in [0.25, 0.3) is 22.0 Å². The number of amides is 1. The number of benzene rings is 2. The maximum absolute atomic E-state index is 14.9. The fourth-order valence-electron chi connectivity index (χ4n) is 3.49. The first-order valence-electron chi connectivity index (χ1n) is 9.47. The molecule has 0 radical (unpaired) electrons. The molecule has 5 nitrogen and oxygen atoms in total. The van der Waals surface area contributed by atoms with Crippen LogP contribution >= 0.6 is 0 Å². The summed E-state index contributed by atoms with van der Waals surface area (Å²) in [5.74, 6) is -0.571. The number of nitrogens with zero attached hydrogens (tertiary/aromatic N) is 2. The van der Waals surface area contributed by atoms with E-state index in [0.29, 0.717) is 37.4 Å². The number of pyridine rings is 1. The van der Waals surface area contributed by atoms with Gasteiger partial charge in [0, 0.05) is 48.0 Å². The van der Waals surface area contributed by atoms with Crippen LogP contribution in [0, 0.1) is 5.82 Å². The lowest BCUT2D eigenvalue weighted by molar-refractivity contribution is 0.0302. The van der Waals surface area contributed by atoms with Crippen molar-refractivity contribution in [2.24, 2.45) is 0 Å². The van der Waals surface area contributed by atoms with Gasteiger partial charge in [-0.15, -0.1) is 0 Å². The second-order valence-corrected chi connectivity index (χ2v) is 6.72.